The van der Waals surface area contributed by atoms with E-state index in [0.717, 1.165) is 22.1 Å². The van der Waals surface area contributed by atoms with Gasteiger partial charge < -0.3 is 0 Å². The molecule has 0 radical (unpaired) electrons. The summed E-state index contributed by atoms with van der Waals surface area (Å²) in [5, 5.41) is 0. The number of allylic oxidation sites excluding steroid dienone is 2. The summed E-state index contributed by atoms with van der Waals surface area (Å²) in [4.78, 5) is 26.5. The normalized spacial score (nSPS) is 25.2. The van der Waals surface area contributed by atoms with Gasteiger partial charge >= 0.3 is 0 Å². The van der Waals surface area contributed by atoms with Gasteiger partial charge in [-0.1, -0.05) is 35.0 Å². The minimum Gasteiger partial charge on any atom is -0.274 e. The van der Waals surface area contributed by atoms with Gasteiger partial charge in [0.1, 0.15) is 0 Å². The van der Waals surface area contributed by atoms with Crippen LogP contribution in [0.5, 0.6) is 0 Å². The number of fused-ring (bicyclic) bond motifs is 1. The number of anilines is 1. The van der Waals surface area contributed by atoms with Crippen molar-refractivity contribution in [2.45, 2.75) is 26.2 Å². The molecule has 0 bridgehead atoms. The number of amides is 2. The highest BCUT2D eigenvalue weighted by Crippen LogP contribution is 2.39. The summed E-state index contributed by atoms with van der Waals surface area (Å²) < 4.78 is 0.969. The quantitative estimate of drug-likeness (QED) is 0.613. The van der Waals surface area contributed by atoms with E-state index in [1.807, 2.05) is 37.3 Å². The van der Waals surface area contributed by atoms with Crippen LogP contribution in [0.15, 0.2) is 34.8 Å². The van der Waals surface area contributed by atoms with Crippen LogP contribution in [-0.2, 0) is 16.0 Å². The van der Waals surface area contributed by atoms with Crippen LogP contribution in [0.1, 0.15) is 25.3 Å². The fourth-order valence-electron chi connectivity index (χ4n) is 3.09. The van der Waals surface area contributed by atoms with Crippen LogP contribution in [0.2, 0.25) is 0 Å². The van der Waals surface area contributed by atoms with Crippen molar-refractivity contribution in [3.05, 3.63) is 40.4 Å². The molecule has 0 N–H and O–H groups in total. The van der Waals surface area contributed by atoms with Gasteiger partial charge in [-0.25, -0.2) is 4.90 Å². The number of hydrogen-bond donors (Lipinski definition) is 0. The van der Waals surface area contributed by atoms with E-state index in [4.69, 9.17) is 0 Å². The molecular formula is C16H16BrNO2. The first kappa shape index (κ1) is 13.6. The number of carbonyl (C=O) groups excluding carboxylic acids is 2. The summed E-state index contributed by atoms with van der Waals surface area (Å²) in [5.74, 6) is -0.413. The second-order valence-corrected chi connectivity index (χ2v) is 6.21. The van der Waals surface area contributed by atoms with Gasteiger partial charge in [-0.2, -0.15) is 0 Å². The van der Waals surface area contributed by atoms with Crippen LogP contribution in [0.25, 0.3) is 0 Å². The lowest BCUT2D eigenvalue weighted by atomic mass is 9.85. The van der Waals surface area contributed by atoms with Crippen molar-refractivity contribution in [2.75, 3.05) is 4.90 Å². The Morgan fingerprint density at radius 1 is 1.15 bits per heavy atom. The molecular weight excluding hydrogens is 318 g/mol. The third-order valence-electron chi connectivity index (χ3n) is 4.17. The lowest BCUT2D eigenvalue weighted by Gasteiger charge is -2.18. The van der Waals surface area contributed by atoms with Crippen LogP contribution < -0.4 is 4.90 Å². The van der Waals surface area contributed by atoms with Gasteiger partial charge in [-0.3, -0.25) is 9.59 Å². The van der Waals surface area contributed by atoms with Crippen molar-refractivity contribution in [2.24, 2.45) is 11.8 Å². The van der Waals surface area contributed by atoms with E-state index >= 15 is 0 Å². The standard InChI is InChI=1S/C16H16BrNO2/c1-2-10-9-11(17)7-8-14(10)18-15(19)12-5-3-4-6-13(12)16(18)20/h3-4,7-9,12-13H,2,5-6H2,1H3/t12-,13-/m1/s1. The summed E-state index contributed by atoms with van der Waals surface area (Å²) in [6, 6.07) is 5.73. The average Bonchev–Trinajstić information content (AvgIpc) is 2.72. The van der Waals surface area contributed by atoms with Crippen LogP contribution in [0.3, 0.4) is 0 Å². The molecule has 1 aliphatic heterocycles. The molecule has 4 heteroatoms. The number of nitrogens with zero attached hydrogens (tertiary/aromatic N) is 1. The zero-order valence-electron chi connectivity index (χ0n) is 11.3. The van der Waals surface area contributed by atoms with E-state index in [2.05, 4.69) is 15.9 Å². The Hall–Kier alpha value is -1.42. The Kier molecular flexibility index (Phi) is 3.50. The highest BCUT2D eigenvalue weighted by molar-refractivity contribution is 9.10. The molecule has 20 heavy (non-hydrogen) atoms. The second kappa shape index (κ2) is 5.17. The Bertz CT molecular complexity index is 582. The van der Waals surface area contributed by atoms with Gasteiger partial charge in [0, 0.05) is 4.47 Å². The molecule has 0 aromatic heterocycles. The number of hydrogen-bond acceptors (Lipinski definition) is 2. The van der Waals surface area contributed by atoms with E-state index in [1.54, 1.807) is 0 Å². The minimum atomic E-state index is -0.166. The van der Waals surface area contributed by atoms with E-state index in [9.17, 15) is 9.59 Å². The molecule has 1 aromatic carbocycles. The molecule has 2 aliphatic rings. The first-order valence-electron chi connectivity index (χ1n) is 6.94. The fraction of sp³-hybridized carbons (Fsp3) is 0.375. The number of aryl methyl sites for hydroxylation is 1. The Morgan fingerprint density at radius 3 is 2.30 bits per heavy atom. The van der Waals surface area contributed by atoms with Crippen LogP contribution in [-0.4, -0.2) is 11.8 Å². The predicted octanol–water partition coefficient (Wildman–Crippen LogP) is 3.47. The molecule has 1 saturated heterocycles. The minimum absolute atomic E-state index is 0.0404. The van der Waals surface area contributed by atoms with E-state index in [1.165, 1.54) is 4.90 Å². The molecule has 0 saturated carbocycles. The molecule has 0 unspecified atom stereocenters. The molecule has 2 atom stereocenters. The zero-order chi connectivity index (χ0) is 14.3. The van der Waals surface area contributed by atoms with E-state index in [0.29, 0.717) is 12.8 Å². The van der Waals surface area contributed by atoms with Crippen molar-refractivity contribution in [3.63, 3.8) is 0 Å². The summed E-state index contributed by atoms with van der Waals surface area (Å²) >= 11 is 3.44. The summed E-state index contributed by atoms with van der Waals surface area (Å²) in [5.41, 5.74) is 1.77. The number of imide groups is 1. The number of halogens is 1. The maximum absolute atomic E-state index is 12.6. The number of carbonyl (C=O) groups is 2. The smallest absolute Gasteiger partial charge is 0.238 e. The molecule has 2 amide bonds. The Morgan fingerprint density at radius 2 is 1.75 bits per heavy atom. The highest BCUT2D eigenvalue weighted by Gasteiger charge is 2.48. The molecule has 1 aromatic rings. The summed E-state index contributed by atoms with van der Waals surface area (Å²) in [7, 11) is 0. The van der Waals surface area contributed by atoms with Gasteiger partial charge in [-0.15, -0.1) is 0 Å². The van der Waals surface area contributed by atoms with Gasteiger partial charge in [0.15, 0.2) is 0 Å². The van der Waals surface area contributed by atoms with E-state index in [-0.39, 0.29) is 23.7 Å². The SMILES string of the molecule is CCc1cc(Br)ccc1N1C(=O)[C@@H]2CC=CC[C@H]2C1=O. The molecule has 3 nitrogen and oxygen atoms in total. The third kappa shape index (κ3) is 2.03. The highest BCUT2D eigenvalue weighted by atomic mass is 79.9. The Balaban J connectivity index is 2.03. The van der Waals surface area contributed by atoms with Crippen molar-refractivity contribution in [1.29, 1.82) is 0 Å². The van der Waals surface area contributed by atoms with Crippen molar-refractivity contribution in [3.8, 4) is 0 Å². The fourth-order valence-corrected chi connectivity index (χ4v) is 3.50. The van der Waals surface area contributed by atoms with E-state index < -0.39 is 0 Å². The van der Waals surface area contributed by atoms with Gasteiger partial charge in [0.2, 0.25) is 11.8 Å². The molecule has 104 valence electrons. The molecule has 1 aliphatic carbocycles. The maximum atomic E-state index is 12.6. The average molecular weight is 334 g/mol. The van der Waals surface area contributed by atoms with Gasteiger partial charge in [-0.05, 0) is 43.0 Å². The van der Waals surface area contributed by atoms with Crippen LogP contribution in [0, 0.1) is 11.8 Å². The van der Waals surface area contributed by atoms with Gasteiger partial charge in [0.05, 0.1) is 17.5 Å². The summed E-state index contributed by atoms with van der Waals surface area (Å²) in [6.45, 7) is 2.03. The monoisotopic (exact) mass is 333 g/mol. The first-order chi connectivity index (χ1) is 9.63. The molecule has 0 spiro atoms. The van der Waals surface area contributed by atoms with Crippen molar-refractivity contribution >= 4 is 33.4 Å². The molecule has 3 rings (SSSR count). The summed E-state index contributed by atoms with van der Waals surface area (Å²) in [6.07, 6.45) is 6.18. The van der Waals surface area contributed by atoms with Crippen molar-refractivity contribution in [1.82, 2.24) is 0 Å². The number of benzene rings is 1. The lowest BCUT2D eigenvalue weighted by Crippen LogP contribution is -2.31. The maximum Gasteiger partial charge on any atom is 0.238 e. The topological polar surface area (TPSA) is 37.4 Å². The predicted molar refractivity (Wildman–Crippen MR) is 81.4 cm³/mol. The van der Waals surface area contributed by atoms with Gasteiger partial charge in [0.25, 0.3) is 0 Å². The van der Waals surface area contributed by atoms with Crippen LogP contribution >= 0.6 is 15.9 Å². The molecule has 1 heterocycles. The second-order valence-electron chi connectivity index (χ2n) is 5.29. The first-order valence-corrected chi connectivity index (χ1v) is 7.74. The largest absolute Gasteiger partial charge is 0.274 e. The third-order valence-corrected chi connectivity index (χ3v) is 4.66. The lowest BCUT2D eigenvalue weighted by molar-refractivity contribution is -0.122. The Labute approximate surface area is 126 Å². The van der Waals surface area contributed by atoms with Crippen molar-refractivity contribution < 1.29 is 9.59 Å². The van der Waals surface area contributed by atoms with Crippen LogP contribution in [0.4, 0.5) is 5.69 Å². The number of rotatable bonds is 2. The zero-order valence-corrected chi connectivity index (χ0v) is 12.9. The molecule has 1 fully saturated rings.